The van der Waals surface area contributed by atoms with Gasteiger partial charge in [0.1, 0.15) is 22.4 Å². The number of benzene rings is 2. The number of aryl methyl sites for hydroxylation is 1. The summed E-state index contributed by atoms with van der Waals surface area (Å²) in [4.78, 5) is 32.9. The minimum atomic E-state index is -1.29. The summed E-state index contributed by atoms with van der Waals surface area (Å²) in [7, 11) is 1.15. The molecule has 0 saturated heterocycles. The van der Waals surface area contributed by atoms with Crippen LogP contribution in [0.1, 0.15) is 56.0 Å². The number of amides is 1. The number of aliphatic imine (C=N–C) groups is 2. The molecule has 0 heterocycles. The number of hydrogen-bond acceptors (Lipinski definition) is 9. The molecule has 2 aromatic rings. The number of carbonyl (C=O) groups excluding carboxylic acids is 2. The van der Waals surface area contributed by atoms with Crippen LogP contribution in [0.25, 0.3) is 0 Å². The first-order chi connectivity index (χ1) is 17.3. The minimum absolute atomic E-state index is 0.0146. The minimum Gasteiger partial charge on any atom is -0.505 e. The van der Waals surface area contributed by atoms with Gasteiger partial charge in [0.2, 0.25) is 0 Å². The van der Waals surface area contributed by atoms with Crippen molar-refractivity contribution >= 4 is 40.3 Å². The summed E-state index contributed by atoms with van der Waals surface area (Å²) >= 11 is 1.01. The number of methoxy groups -OCH3 is 1. The average molecular weight is 529 g/mol. The molecule has 0 aliphatic heterocycles. The standard InChI is InChI=1S/C26H29FN4O5S/c1-7-14-10-18(20(27)19(32)11-14)22(23(37-6)31-25(34)35-5)30-16-9-8-15(13-28)17(12-16)21(29)24(33)36-26(2,3)4/h8-12,21,32H,7,29H2,1-6H3. The maximum atomic E-state index is 15.1. The zero-order valence-electron chi connectivity index (χ0n) is 21.5. The molecular formula is C26H29FN4O5S. The quantitative estimate of drug-likeness (QED) is 0.304. The maximum absolute atomic E-state index is 15.1. The summed E-state index contributed by atoms with van der Waals surface area (Å²) < 4.78 is 25.1. The Bertz CT molecular complexity index is 1300. The lowest BCUT2D eigenvalue weighted by Gasteiger charge is -2.22. The molecule has 9 nitrogen and oxygen atoms in total. The van der Waals surface area contributed by atoms with Crippen LogP contribution >= 0.6 is 11.8 Å². The van der Waals surface area contributed by atoms with Crippen molar-refractivity contribution in [1.82, 2.24) is 0 Å². The van der Waals surface area contributed by atoms with Crippen LogP contribution in [0.3, 0.4) is 0 Å². The number of aromatic hydroxyl groups is 1. The highest BCUT2D eigenvalue weighted by Crippen LogP contribution is 2.29. The van der Waals surface area contributed by atoms with E-state index in [-0.39, 0.29) is 33.1 Å². The molecule has 11 heteroatoms. The van der Waals surface area contributed by atoms with Crippen LogP contribution in [0.4, 0.5) is 14.9 Å². The molecule has 196 valence electrons. The van der Waals surface area contributed by atoms with E-state index in [0.717, 1.165) is 18.9 Å². The lowest BCUT2D eigenvalue weighted by Crippen LogP contribution is -2.32. The van der Waals surface area contributed by atoms with Crippen molar-refractivity contribution < 1.29 is 28.6 Å². The van der Waals surface area contributed by atoms with E-state index in [9.17, 15) is 20.0 Å². The van der Waals surface area contributed by atoms with E-state index >= 15 is 4.39 Å². The first-order valence-corrected chi connectivity index (χ1v) is 12.4. The van der Waals surface area contributed by atoms with Gasteiger partial charge in [-0.1, -0.05) is 6.92 Å². The van der Waals surface area contributed by atoms with E-state index in [1.54, 1.807) is 27.0 Å². The number of esters is 1. The number of carbonyl (C=O) groups is 2. The maximum Gasteiger partial charge on any atom is 0.434 e. The Morgan fingerprint density at radius 3 is 2.49 bits per heavy atom. The van der Waals surface area contributed by atoms with E-state index in [1.165, 1.54) is 30.3 Å². The Kier molecular flexibility index (Phi) is 9.94. The van der Waals surface area contributed by atoms with E-state index in [4.69, 9.17) is 10.5 Å². The summed E-state index contributed by atoms with van der Waals surface area (Å²) in [6, 6.07) is 7.79. The molecule has 0 bridgehead atoms. The molecule has 2 aromatic carbocycles. The Morgan fingerprint density at radius 1 is 1.27 bits per heavy atom. The molecular weight excluding hydrogens is 499 g/mol. The number of thioether (sulfide) groups is 1. The van der Waals surface area contributed by atoms with E-state index < -0.39 is 35.3 Å². The Morgan fingerprint density at radius 2 is 1.95 bits per heavy atom. The van der Waals surface area contributed by atoms with Gasteiger partial charge in [0.15, 0.2) is 11.6 Å². The summed E-state index contributed by atoms with van der Waals surface area (Å²) in [5, 5.41) is 19.8. The fourth-order valence-corrected chi connectivity index (χ4v) is 3.71. The molecule has 2 rings (SSSR count). The zero-order valence-corrected chi connectivity index (χ0v) is 22.3. The van der Waals surface area contributed by atoms with Crippen molar-refractivity contribution in [2.75, 3.05) is 13.4 Å². The molecule has 1 unspecified atom stereocenters. The van der Waals surface area contributed by atoms with Crippen LogP contribution < -0.4 is 5.73 Å². The topological polar surface area (TPSA) is 147 Å². The molecule has 0 aliphatic rings. The molecule has 1 amide bonds. The van der Waals surface area contributed by atoms with Gasteiger partial charge in [-0.3, -0.25) is 0 Å². The number of rotatable bonds is 6. The molecule has 0 aliphatic carbocycles. The number of nitriles is 1. The van der Waals surface area contributed by atoms with Crippen LogP contribution in [0.15, 0.2) is 40.3 Å². The van der Waals surface area contributed by atoms with Crippen LogP contribution in [-0.2, 0) is 20.7 Å². The number of phenols is 1. The van der Waals surface area contributed by atoms with Gasteiger partial charge in [0.25, 0.3) is 0 Å². The van der Waals surface area contributed by atoms with Crippen molar-refractivity contribution in [1.29, 1.82) is 5.26 Å². The highest BCUT2D eigenvalue weighted by atomic mass is 32.2. The smallest absolute Gasteiger partial charge is 0.434 e. The lowest BCUT2D eigenvalue weighted by molar-refractivity contribution is -0.156. The largest absolute Gasteiger partial charge is 0.505 e. The monoisotopic (exact) mass is 528 g/mol. The number of halogens is 1. The summed E-state index contributed by atoms with van der Waals surface area (Å²) in [5.74, 6) is -2.29. The van der Waals surface area contributed by atoms with Gasteiger partial charge in [-0.15, -0.1) is 11.8 Å². The van der Waals surface area contributed by atoms with Crippen molar-refractivity contribution in [3.05, 3.63) is 58.4 Å². The predicted molar refractivity (Wildman–Crippen MR) is 141 cm³/mol. The van der Waals surface area contributed by atoms with Crippen LogP contribution in [0, 0.1) is 17.1 Å². The van der Waals surface area contributed by atoms with Crippen LogP contribution in [0.5, 0.6) is 5.75 Å². The third kappa shape index (κ3) is 7.62. The zero-order chi connectivity index (χ0) is 27.9. The number of nitrogens with two attached hydrogens (primary N) is 1. The molecule has 1 atom stereocenters. The molecule has 0 fully saturated rings. The number of nitrogens with zero attached hydrogens (tertiary/aromatic N) is 3. The van der Waals surface area contributed by atoms with Gasteiger partial charge >= 0.3 is 12.1 Å². The fraction of sp³-hybridized carbons (Fsp3) is 0.346. The molecule has 0 radical (unpaired) electrons. The number of phenolic OH excluding ortho intramolecular Hbond substituents is 1. The second-order valence-corrected chi connectivity index (χ2v) is 9.57. The summed E-state index contributed by atoms with van der Waals surface area (Å²) in [6.07, 6.45) is 1.17. The predicted octanol–water partition coefficient (Wildman–Crippen LogP) is 4.96. The van der Waals surface area contributed by atoms with Crippen molar-refractivity contribution in [3.63, 3.8) is 0 Å². The highest BCUT2D eigenvalue weighted by Gasteiger charge is 2.26. The van der Waals surface area contributed by atoms with Crippen molar-refractivity contribution in [3.8, 4) is 11.8 Å². The first kappa shape index (κ1) is 29.5. The van der Waals surface area contributed by atoms with E-state index in [1.807, 2.05) is 13.0 Å². The number of ether oxygens (including phenoxy) is 2. The molecule has 0 saturated carbocycles. The Balaban J connectivity index is 2.79. The van der Waals surface area contributed by atoms with Crippen molar-refractivity contribution in [2.24, 2.45) is 15.7 Å². The van der Waals surface area contributed by atoms with Crippen molar-refractivity contribution in [2.45, 2.75) is 45.8 Å². The van der Waals surface area contributed by atoms with E-state index in [2.05, 4.69) is 14.7 Å². The molecule has 3 N–H and O–H groups in total. The normalized spacial score (nSPS) is 13.1. The SMILES string of the molecule is CCc1cc(O)c(F)c(C(=Nc2ccc(C#N)c(C(N)C(=O)OC(C)(C)C)c2)C(=NC(=O)OC)SC)c1. The van der Waals surface area contributed by atoms with Gasteiger partial charge in [-0.2, -0.15) is 10.3 Å². The van der Waals surface area contributed by atoms with Crippen LogP contribution in [-0.4, -0.2) is 46.9 Å². The Labute approximate surface area is 219 Å². The average Bonchev–Trinajstić information content (AvgIpc) is 2.85. The lowest BCUT2D eigenvalue weighted by atomic mass is 10.00. The van der Waals surface area contributed by atoms with E-state index in [0.29, 0.717) is 12.0 Å². The first-order valence-electron chi connectivity index (χ1n) is 11.2. The third-order valence-electron chi connectivity index (χ3n) is 4.93. The fourth-order valence-electron chi connectivity index (χ4n) is 3.19. The second kappa shape index (κ2) is 12.5. The summed E-state index contributed by atoms with van der Waals surface area (Å²) in [6.45, 7) is 6.90. The van der Waals surface area contributed by atoms with Crippen LogP contribution in [0.2, 0.25) is 0 Å². The molecule has 37 heavy (non-hydrogen) atoms. The third-order valence-corrected chi connectivity index (χ3v) is 5.60. The molecule has 0 spiro atoms. The van der Waals surface area contributed by atoms with Gasteiger partial charge in [0, 0.05) is 5.56 Å². The van der Waals surface area contributed by atoms with Gasteiger partial charge in [-0.05, 0) is 74.9 Å². The highest BCUT2D eigenvalue weighted by molar-refractivity contribution is 8.15. The van der Waals surface area contributed by atoms with Gasteiger partial charge in [-0.25, -0.2) is 19.0 Å². The second-order valence-electron chi connectivity index (χ2n) is 8.78. The Hall–Kier alpha value is -3.75. The number of hydrogen-bond donors (Lipinski definition) is 2. The molecule has 0 aromatic heterocycles. The summed E-state index contributed by atoms with van der Waals surface area (Å²) in [5.41, 5.74) is 6.25. The van der Waals surface area contributed by atoms with Gasteiger partial charge < -0.3 is 20.3 Å². The van der Waals surface area contributed by atoms with Gasteiger partial charge in [0.05, 0.1) is 24.4 Å².